The van der Waals surface area contributed by atoms with E-state index in [9.17, 15) is 9.59 Å². The van der Waals surface area contributed by atoms with Crippen LogP contribution >= 0.6 is 0 Å². The SMILES string of the molecule is C[C@@H](c1ccncn1)N(C)C(=O)C(=O)Nc1ccccc1. The van der Waals surface area contributed by atoms with Crippen LogP contribution in [-0.4, -0.2) is 33.7 Å². The maximum atomic E-state index is 12.1. The van der Waals surface area contributed by atoms with Gasteiger partial charge in [0.05, 0.1) is 11.7 Å². The van der Waals surface area contributed by atoms with Gasteiger partial charge in [-0.1, -0.05) is 18.2 Å². The van der Waals surface area contributed by atoms with Crippen molar-refractivity contribution in [1.82, 2.24) is 14.9 Å². The Bertz CT molecular complexity index is 616. The van der Waals surface area contributed by atoms with Crippen LogP contribution in [0.15, 0.2) is 48.9 Å². The van der Waals surface area contributed by atoms with Gasteiger partial charge in [-0.15, -0.1) is 0 Å². The Balaban J connectivity index is 2.03. The van der Waals surface area contributed by atoms with Crippen molar-refractivity contribution in [2.45, 2.75) is 13.0 Å². The molecule has 0 aliphatic carbocycles. The van der Waals surface area contributed by atoms with E-state index in [-0.39, 0.29) is 6.04 Å². The van der Waals surface area contributed by atoms with E-state index < -0.39 is 11.8 Å². The van der Waals surface area contributed by atoms with E-state index in [0.29, 0.717) is 11.4 Å². The zero-order chi connectivity index (χ0) is 15.2. The molecule has 6 nitrogen and oxygen atoms in total. The molecule has 0 spiro atoms. The highest BCUT2D eigenvalue weighted by atomic mass is 16.2. The Kier molecular flexibility index (Phi) is 4.61. The predicted molar refractivity (Wildman–Crippen MR) is 78.3 cm³/mol. The van der Waals surface area contributed by atoms with Crippen LogP contribution in [0.4, 0.5) is 5.69 Å². The maximum Gasteiger partial charge on any atom is 0.313 e. The molecule has 1 aromatic heterocycles. The fourth-order valence-electron chi connectivity index (χ4n) is 1.79. The molecule has 21 heavy (non-hydrogen) atoms. The molecule has 0 aliphatic heterocycles. The minimum Gasteiger partial charge on any atom is -0.329 e. The summed E-state index contributed by atoms with van der Waals surface area (Å²) >= 11 is 0. The van der Waals surface area contributed by atoms with E-state index in [1.165, 1.54) is 11.2 Å². The average Bonchev–Trinajstić information content (AvgIpc) is 2.54. The number of likely N-dealkylation sites (N-methyl/N-ethyl adjacent to an activating group) is 1. The number of carbonyl (C=O) groups excluding carboxylic acids is 2. The quantitative estimate of drug-likeness (QED) is 0.869. The highest BCUT2D eigenvalue weighted by Gasteiger charge is 2.24. The molecule has 1 N–H and O–H groups in total. The van der Waals surface area contributed by atoms with Gasteiger partial charge in [0.1, 0.15) is 6.33 Å². The van der Waals surface area contributed by atoms with Gasteiger partial charge in [0.15, 0.2) is 0 Å². The van der Waals surface area contributed by atoms with Crippen LogP contribution in [-0.2, 0) is 9.59 Å². The van der Waals surface area contributed by atoms with Crippen molar-refractivity contribution in [3.8, 4) is 0 Å². The van der Waals surface area contributed by atoms with Crippen LogP contribution in [0.2, 0.25) is 0 Å². The van der Waals surface area contributed by atoms with Crippen molar-refractivity contribution in [1.29, 1.82) is 0 Å². The highest BCUT2D eigenvalue weighted by Crippen LogP contribution is 2.16. The maximum absolute atomic E-state index is 12.1. The molecule has 1 aromatic carbocycles. The van der Waals surface area contributed by atoms with Gasteiger partial charge in [-0.05, 0) is 25.1 Å². The first kappa shape index (κ1) is 14.6. The Morgan fingerprint density at radius 2 is 1.90 bits per heavy atom. The van der Waals surface area contributed by atoms with E-state index in [2.05, 4.69) is 15.3 Å². The highest BCUT2D eigenvalue weighted by molar-refractivity contribution is 6.39. The number of nitrogens with one attached hydrogen (secondary N) is 1. The fourth-order valence-corrected chi connectivity index (χ4v) is 1.79. The first-order valence-corrected chi connectivity index (χ1v) is 6.48. The number of anilines is 1. The molecular formula is C15H16N4O2. The Morgan fingerprint density at radius 1 is 1.19 bits per heavy atom. The molecule has 0 saturated heterocycles. The lowest BCUT2D eigenvalue weighted by Gasteiger charge is -2.23. The van der Waals surface area contributed by atoms with Gasteiger partial charge in [0.25, 0.3) is 0 Å². The zero-order valence-electron chi connectivity index (χ0n) is 11.9. The van der Waals surface area contributed by atoms with Crippen molar-refractivity contribution in [3.05, 3.63) is 54.6 Å². The molecule has 1 heterocycles. The van der Waals surface area contributed by atoms with E-state index >= 15 is 0 Å². The molecule has 2 rings (SSSR count). The molecule has 0 fully saturated rings. The summed E-state index contributed by atoms with van der Waals surface area (Å²) in [5.41, 5.74) is 1.26. The number of rotatable bonds is 3. The summed E-state index contributed by atoms with van der Waals surface area (Å²) in [7, 11) is 1.57. The topological polar surface area (TPSA) is 75.2 Å². The lowest BCUT2D eigenvalue weighted by molar-refractivity contribution is -0.143. The standard InChI is InChI=1S/C15H16N4O2/c1-11(13-8-9-16-10-17-13)19(2)15(21)14(20)18-12-6-4-3-5-7-12/h3-11H,1-2H3,(H,18,20)/t11-/m0/s1. The van der Waals surface area contributed by atoms with Gasteiger partial charge in [-0.2, -0.15) is 0 Å². The van der Waals surface area contributed by atoms with E-state index in [1.807, 2.05) is 6.07 Å². The summed E-state index contributed by atoms with van der Waals surface area (Å²) in [4.78, 5) is 33.4. The molecule has 0 unspecified atom stereocenters. The van der Waals surface area contributed by atoms with Crippen LogP contribution in [0, 0.1) is 0 Å². The van der Waals surface area contributed by atoms with Gasteiger partial charge in [0.2, 0.25) is 0 Å². The number of carbonyl (C=O) groups is 2. The lowest BCUT2D eigenvalue weighted by Crippen LogP contribution is -2.38. The number of nitrogens with zero attached hydrogens (tertiary/aromatic N) is 3. The number of amides is 2. The third-order valence-corrected chi connectivity index (χ3v) is 3.16. The van der Waals surface area contributed by atoms with Crippen molar-refractivity contribution in [2.75, 3.05) is 12.4 Å². The van der Waals surface area contributed by atoms with Crippen molar-refractivity contribution in [3.63, 3.8) is 0 Å². The van der Waals surface area contributed by atoms with Crippen molar-refractivity contribution >= 4 is 17.5 Å². The summed E-state index contributed by atoms with van der Waals surface area (Å²) in [6.45, 7) is 1.80. The largest absolute Gasteiger partial charge is 0.329 e. The number of benzene rings is 1. The van der Waals surface area contributed by atoms with Crippen LogP contribution in [0.3, 0.4) is 0 Å². The fraction of sp³-hybridized carbons (Fsp3) is 0.200. The van der Waals surface area contributed by atoms with Gasteiger partial charge in [0, 0.05) is 18.9 Å². The second kappa shape index (κ2) is 6.60. The summed E-state index contributed by atoms with van der Waals surface area (Å²) < 4.78 is 0. The van der Waals surface area contributed by atoms with Crippen LogP contribution in [0.5, 0.6) is 0 Å². The van der Waals surface area contributed by atoms with Crippen LogP contribution in [0.25, 0.3) is 0 Å². The van der Waals surface area contributed by atoms with E-state index in [0.717, 1.165) is 0 Å². The summed E-state index contributed by atoms with van der Waals surface area (Å²) in [6, 6.07) is 10.2. The molecule has 0 radical (unpaired) electrons. The minimum absolute atomic E-state index is 0.318. The molecule has 2 amide bonds. The van der Waals surface area contributed by atoms with Crippen LogP contribution < -0.4 is 5.32 Å². The number of para-hydroxylation sites is 1. The van der Waals surface area contributed by atoms with Crippen LogP contribution in [0.1, 0.15) is 18.7 Å². The number of hydrogen-bond acceptors (Lipinski definition) is 4. The monoisotopic (exact) mass is 284 g/mol. The molecule has 0 bridgehead atoms. The molecule has 0 saturated carbocycles. The first-order valence-electron chi connectivity index (χ1n) is 6.48. The van der Waals surface area contributed by atoms with Gasteiger partial charge >= 0.3 is 11.8 Å². The normalized spacial score (nSPS) is 11.5. The summed E-state index contributed by atoms with van der Waals surface area (Å²) in [6.07, 6.45) is 3.01. The smallest absolute Gasteiger partial charge is 0.313 e. The van der Waals surface area contributed by atoms with Gasteiger partial charge in [-0.25, -0.2) is 9.97 Å². The number of hydrogen-bond donors (Lipinski definition) is 1. The third-order valence-electron chi connectivity index (χ3n) is 3.16. The summed E-state index contributed by atoms with van der Waals surface area (Å²) in [5, 5.41) is 2.57. The Labute approximate surface area is 122 Å². The molecule has 0 aliphatic rings. The predicted octanol–water partition coefficient (Wildman–Crippen LogP) is 1.63. The van der Waals surface area contributed by atoms with Gasteiger partial charge in [-0.3, -0.25) is 9.59 Å². The molecule has 6 heteroatoms. The second-order valence-corrected chi connectivity index (χ2v) is 4.55. The molecular weight excluding hydrogens is 268 g/mol. The Hall–Kier alpha value is -2.76. The Morgan fingerprint density at radius 3 is 2.52 bits per heavy atom. The van der Waals surface area contributed by atoms with Crippen molar-refractivity contribution in [2.24, 2.45) is 0 Å². The lowest BCUT2D eigenvalue weighted by atomic mass is 10.2. The molecule has 1 atom stereocenters. The zero-order valence-corrected chi connectivity index (χ0v) is 11.9. The van der Waals surface area contributed by atoms with Crippen molar-refractivity contribution < 1.29 is 9.59 Å². The number of aromatic nitrogens is 2. The van der Waals surface area contributed by atoms with Gasteiger partial charge < -0.3 is 10.2 Å². The average molecular weight is 284 g/mol. The van der Waals surface area contributed by atoms with E-state index in [4.69, 9.17) is 0 Å². The summed E-state index contributed by atoms with van der Waals surface area (Å²) in [5.74, 6) is -1.30. The minimum atomic E-state index is -0.676. The molecule has 108 valence electrons. The third kappa shape index (κ3) is 3.62. The first-order chi connectivity index (χ1) is 10.1. The second-order valence-electron chi connectivity index (χ2n) is 4.55. The molecule has 2 aromatic rings. The van der Waals surface area contributed by atoms with E-state index in [1.54, 1.807) is 50.5 Å².